The number of sulfone groups is 1. The molecule has 0 saturated carbocycles. The molecule has 1 fully saturated rings. The third-order valence-corrected chi connectivity index (χ3v) is 8.79. The summed E-state index contributed by atoms with van der Waals surface area (Å²) in [5.41, 5.74) is -0.370. The monoisotopic (exact) mass is 484 g/mol. The Labute approximate surface area is 190 Å². The molecule has 1 N–H and O–H groups in total. The van der Waals surface area contributed by atoms with Gasteiger partial charge in [0.1, 0.15) is 17.2 Å². The molecule has 0 spiro atoms. The highest BCUT2D eigenvalue weighted by atomic mass is 35.5. The van der Waals surface area contributed by atoms with E-state index in [1.54, 1.807) is 13.8 Å². The minimum absolute atomic E-state index is 0.00478. The minimum Gasteiger partial charge on any atom is -0.488 e. The van der Waals surface area contributed by atoms with Gasteiger partial charge in [-0.25, -0.2) is 22.0 Å². The molecule has 10 heteroatoms. The lowest BCUT2D eigenvalue weighted by Crippen LogP contribution is -2.65. The molecule has 172 valence electrons. The standard InChI is InChI=1S/C22H23ClF2N2O4S/c1-13(2)26-21(28)27-11-3-10-22(32(29,30)15-6-4-14(23)5-7-15)18(27)12-31-20-17(25)9-8-16(24)19(20)22/h4-9,13,18H,3,10-12H2,1-2H3,(H,26,28)/t18-,22+/m0/s1. The Hall–Kier alpha value is -2.39. The van der Waals surface area contributed by atoms with Crippen LogP contribution in [0.25, 0.3) is 0 Å². The van der Waals surface area contributed by atoms with Crippen molar-refractivity contribution in [3.8, 4) is 5.75 Å². The number of likely N-dealkylation sites (tertiary alicyclic amines) is 1. The number of benzene rings is 2. The highest BCUT2D eigenvalue weighted by molar-refractivity contribution is 7.92. The van der Waals surface area contributed by atoms with Gasteiger partial charge in [-0.3, -0.25) is 0 Å². The first-order valence-corrected chi connectivity index (χ1v) is 12.1. The summed E-state index contributed by atoms with van der Waals surface area (Å²) in [5.74, 6) is -2.17. The van der Waals surface area contributed by atoms with Crippen LogP contribution in [0.2, 0.25) is 5.02 Å². The molecule has 0 aromatic heterocycles. The Kier molecular flexibility index (Phi) is 5.83. The van der Waals surface area contributed by atoms with Crippen molar-refractivity contribution in [3.63, 3.8) is 0 Å². The first kappa shape index (κ1) is 22.8. The van der Waals surface area contributed by atoms with Crippen molar-refractivity contribution in [2.24, 2.45) is 0 Å². The highest BCUT2D eigenvalue weighted by Crippen LogP contribution is 2.53. The third kappa shape index (κ3) is 3.42. The quantitative estimate of drug-likeness (QED) is 0.706. The summed E-state index contributed by atoms with van der Waals surface area (Å²) in [6.45, 7) is 3.53. The molecule has 0 bridgehead atoms. The first-order chi connectivity index (χ1) is 15.1. The van der Waals surface area contributed by atoms with Crippen molar-refractivity contribution in [1.82, 2.24) is 10.2 Å². The first-order valence-electron chi connectivity index (χ1n) is 10.3. The number of halogens is 3. The van der Waals surface area contributed by atoms with E-state index >= 15 is 4.39 Å². The minimum atomic E-state index is -4.32. The van der Waals surface area contributed by atoms with Gasteiger partial charge in [0.05, 0.1) is 16.5 Å². The van der Waals surface area contributed by atoms with Crippen LogP contribution in [-0.4, -0.2) is 44.6 Å². The van der Waals surface area contributed by atoms with Gasteiger partial charge in [-0.15, -0.1) is 0 Å². The van der Waals surface area contributed by atoms with E-state index in [-0.39, 0.29) is 42.5 Å². The fraction of sp³-hybridized carbons (Fsp3) is 0.409. The van der Waals surface area contributed by atoms with Gasteiger partial charge in [-0.2, -0.15) is 0 Å². The van der Waals surface area contributed by atoms with Crippen LogP contribution in [0.5, 0.6) is 5.75 Å². The number of ether oxygens (including phenoxy) is 1. The molecule has 2 heterocycles. The average Bonchev–Trinajstić information content (AvgIpc) is 2.75. The van der Waals surface area contributed by atoms with E-state index in [1.807, 2.05) is 0 Å². The zero-order valence-corrected chi connectivity index (χ0v) is 19.1. The van der Waals surface area contributed by atoms with Gasteiger partial charge in [-0.1, -0.05) is 11.6 Å². The van der Waals surface area contributed by atoms with E-state index in [1.165, 1.54) is 29.2 Å². The summed E-state index contributed by atoms with van der Waals surface area (Å²) < 4.78 is 61.8. The van der Waals surface area contributed by atoms with Gasteiger partial charge >= 0.3 is 6.03 Å². The molecule has 0 radical (unpaired) electrons. The maximum Gasteiger partial charge on any atom is 0.318 e. The molecule has 2 aromatic carbocycles. The molecule has 6 nitrogen and oxygen atoms in total. The van der Waals surface area contributed by atoms with E-state index in [9.17, 15) is 17.6 Å². The van der Waals surface area contributed by atoms with Gasteiger partial charge in [-0.05, 0) is 63.1 Å². The predicted molar refractivity (Wildman–Crippen MR) is 116 cm³/mol. The van der Waals surface area contributed by atoms with E-state index < -0.39 is 44.0 Å². The van der Waals surface area contributed by atoms with Crippen LogP contribution in [0.15, 0.2) is 41.3 Å². The smallest absolute Gasteiger partial charge is 0.318 e. The Morgan fingerprint density at radius 1 is 1.19 bits per heavy atom. The zero-order chi connectivity index (χ0) is 23.3. The maximum absolute atomic E-state index is 15.3. The number of urea groups is 1. The van der Waals surface area contributed by atoms with Crippen LogP contribution in [0, 0.1) is 11.6 Å². The summed E-state index contributed by atoms with van der Waals surface area (Å²) in [6.07, 6.45) is 0.287. The molecule has 4 rings (SSSR count). The second kappa shape index (κ2) is 8.19. The molecular formula is C22H23ClF2N2O4S. The van der Waals surface area contributed by atoms with Crippen molar-refractivity contribution >= 4 is 27.5 Å². The highest BCUT2D eigenvalue weighted by Gasteiger charge is 2.61. The molecule has 0 aliphatic carbocycles. The van der Waals surface area contributed by atoms with Gasteiger partial charge in [0.2, 0.25) is 0 Å². The fourth-order valence-electron chi connectivity index (χ4n) is 4.68. The molecule has 32 heavy (non-hydrogen) atoms. The van der Waals surface area contributed by atoms with Crippen LogP contribution in [-0.2, 0) is 14.6 Å². The number of hydrogen-bond acceptors (Lipinski definition) is 4. The molecule has 2 aromatic rings. The SMILES string of the molecule is CC(C)NC(=O)N1CCC[C@]2(S(=O)(=O)c3ccc(Cl)cc3)c3c(F)ccc(F)c3OC[C@H]12. The van der Waals surface area contributed by atoms with E-state index in [0.29, 0.717) is 5.02 Å². The maximum atomic E-state index is 15.3. The topological polar surface area (TPSA) is 75.7 Å². The molecule has 2 amide bonds. The van der Waals surface area contributed by atoms with Gasteiger partial charge in [0.15, 0.2) is 21.4 Å². The van der Waals surface area contributed by atoms with Gasteiger partial charge in [0.25, 0.3) is 0 Å². The van der Waals surface area contributed by atoms with Gasteiger partial charge in [0, 0.05) is 17.6 Å². The largest absolute Gasteiger partial charge is 0.488 e. The number of rotatable bonds is 3. The molecule has 2 aliphatic heterocycles. The number of nitrogens with one attached hydrogen (secondary N) is 1. The van der Waals surface area contributed by atoms with E-state index in [4.69, 9.17) is 16.3 Å². The normalized spacial score (nSPS) is 22.7. The van der Waals surface area contributed by atoms with Crippen LogP contribution in [0.4, 0.5) is 13.6 Å². The molecule has 2 atom stereocenters. The fourth-order valence-corrected chi connectivity index (χ4v) is 7.14. The van der Waals surface area contributed by atoms with Crippen LogP contribution < -0.4 is 10.1 Å². The number of amides is 2. The lowest BCUT2D eigenvalue weighted by molar-refractivity contribution is 0.0650. The Morgan fingerprint density at radius 2 is 1.84 bits per heavy atom. The summed E-state index contributed by atoms with van der Waals surface area (Å²) in [4.78, 5) is 14.2. The van der Waals surface area contributed by atoms with E-state index in [2.05, 4.69) is 5.32 Å². The van der Waals surface area contributed by atoms with Crippen molar-refractivity contribution in [2.45, 2.75) is 48.4 Å². The Morgan fingerprint density at radius 3 is 2.50 bits per heavy atom. The van der Waals surface area contributed by atoms with Crippen molar-refractivity contribution in [1.29, 1.82) is 0 Å². The summed E-state index contributed by atoms with van der Waals surface area (Å²) in [7, 11) is -4.32. The lowest BCUT2D eigenvalue weighted by atomic mass is 9.80. The van der Waals surface area contributed by atoms with Crippen molar-refractivity contribution < 1.29 is 26.7 Å². The second-order valence-corrected chi connectivity index (χ2v) is 11.0. The molecule has 1 saturated heterocycles. The zero-order valence-electron chi connectivity index (χ0n) is 17.6. The predicted octanol–water partition coefficient (Wildman–Crippen LogP) is 4.26. The number of piperidine rings is 1. The summed E-state index contributed by atoms with van der Waals surface area (Å²) in [6, 6.07) is 5.59. The molecule has 2 aliphatic rings. The number of fused-ring (bicyclic) bond motifs is 3. The van der Waals surface area contributed by atoms with Crippen LogP contribution in [0.3, 0.4) is 0 Å². The lowest BCUT2D eigenvalue weighted by Gasteiger charge is -2.51. The Bertz CT molecular complexity index is 1160. The number of carbonyl (C=O) groups is 1. The molecular weight excluding hydrogens is 462 g/mol. The summed E-state index contributed by atoms with van der Waals surface area (Å²) >= 11 is 5.94. The average molecular weight is 485 g/mol. The number of carbonyl (C=O) groups excluding carboxylic acids is 1. The number of hydrogen-bond donors (Lipinski definition) is 1. The summed E-state index contributed by atoms with van der Waals surface area (Å²) in [5, 5.41) is 3.10. The van der Waals surface area contributed by atoms with E-state index in [0.717, 1.165) is 12.1 Å². The van der Waals surface area contributed by atoms with Crippen LogP contribution in [0.1, 0.15) is 32.3 Å². The van der Waals surface area contributed by atoms with Crippen molar-refractivity contribution in [3.05, 3.63) is 58.6 Å². The number of nitrogens with zero attached hydrogens (tertiary/aromatic N) is 1. The van der Waals surface area contributed by atoms with Gasteiger partial charge < -0.3 is 15.0 Å². The Balaban J connectivity index is 1.98. The van der Waals surface area contributed by atoms with Crippen molar-refractivity contribution in [2.75, 3.05) is 13.2 Å². The van der Waals surface area contributed by atoms with Crippen LogP contribution >= 0.6 is 11.6 Å². The molecule has 0 unspecified atom stereocenters. The second-order valence-electron chi connectivity index (χ2n) is 8.31. The third-order valence-electron chi connectivity index (χ3n) is 6.01.